The first-order valence-electron chi connectivity index (χ1n) is 8.98. The maximum Gasteiger partial charge on any atom is 0.0231 e. The summed E-state index contributed by atoms with van der Waals surface area (Å²) in [4.78, 5) is 2.76. The molecule has 0 spiro atoms. The first-order chi connectivity index (χ1) is 9.91. The van der Waals surface area contributed by atoms with Gasteiger partial charge in [-0.25, -0.2) is 0 Å². The first-order valence-corrected chi connectivity index (χ1v) is 9.96. The van der Waals surface area contributed by atoms with Gasteiger partial charge in [0.05, 0.1) is 0 Å². The second-order valence-corrected chi connectivity index (χ2v) is 10.2. The van der Waals surface area contributed by atoms with E-state index in [-0.39, 0.29) is 0 Å². The topological polar surface area (TPSA) is 15.3 Å². The van der Waals surface area contributed by atoms with Crippen molar-refractivity contribution < 1.29 is 0 Å². The van der Waals surface area contributed by atoms with Crippen LogP contribution in [0.1, 0.15) is 59.8 Å². The summed E-state index contributed by atoms with van der Waals surface area (Å²) in [6, 6.07) is 0. The van der Waals surface area contributed by atoms with Gasteiger partial charge >= 0.3 is 0 Å². The van der Waals surface area contributed by atoms with Gasteiger partial charge in [-0.1, -0.05) is 33.1 Å². The van der Waals surface area contributed by atoms with Crippen LogP contribution >= 0.6 is 11.8 Å². The lowest BCUT2D eigenvalue weighted by Crippen LogP contribution is -2.51. The molecule has 0 unspecified atom stereocenters. The number of nitrogens with one attached hydrogen (secondary N) is 1. The first kappa shape index (κ1) is 17.6. The van der Waals surface area contributed by atoms with Crippen molar-refractivity contribution in [3.63, 3.8) is 0 Å². The third kappa shape index (κ3) is 5.76. The molecule has 0 amide bonds. The van der Waals surface area contributed by atoms with E-state index in [1.54, 1.807) is 0 Å². The predicted octanol–water partition coefficient (Wildman–Crippen LogP) is 4.01. The third-order valence-corrected chi connectivity index (χ3v) is 6.33. The molecule has 2 aliphatic rings. The monoisotopic (exact) mass is 312 g/mol. The van der Waals surface area contributed by atoms with E-state index in [9.17, 15) is 0 Å². The van der Waals surface area contributed by atoms with Gasteiger partial charge in [0, 0.05) is 36.7 Å². The SMILES string of the molecule is CC(C)CNCC1(CN2CCSC(C)(C)C2)CCCCC1. The van der Waals surface area contributed by atoms with Gasteiger partial charge in [-0.3, -0.25) is 0 Å². The Balaban J connectivity index is 1.92. The summed E-state index contributed by atoms with van der Waals surface area (Å²) in [6.07, 6.45) is 7.20. The number of rotatable bonds is 6. The summed E-state index contributed by atoms with van der Waals surface area (Å²) in [7, 11) is 0. The molecule has 1 heterocycles. The molecule has 0 bridgehead atoms. The van der Waals surface area contributed by atoms with Crippen molar-refractivity contribution in [1.29, 1.82) is 0 Å². The second kappa shape index (κ2) is 7.70. The zero-order valence-electron chi connectivity index (χ0n) is 14.7. The molecular formula is C18H36N2S. The van der Waals surface area contributed by atoms with E-state index in [1.807, 2.05) is 0 Å². The Morgan fingerprint density at radius 2 is 1.86 bits per heavy atom. The van der Waals surface area contributed by atoms with E-state index in [0.29, 0.717) is 10.2 Å². The molecule has 124 valence electrons. The van der Waals surface area contributed by atoms with E-state index in [0.717, 1.165) is 5.92 Å². The van der Waals surface area contributed by atoms with Crippen LogP contribution in [-0.2, 0) is 0 Å². The van der Waals surface area contributed by atoms with Crippen LogP contribution in [0.25, 0.3) is 0 Å². The average molecular weight is 313 g/mol. The van der Waals surface area contributed by atoms with Gasteiger partial charge in [0.25, 0.3) is 0 Å². The Labute approximate surface area is 136 Å². The minimum Gasteiger partial charge on any atom is -0.316 e. The zero-order valence-corrected chi connectivity index (χ0v) is 15.5. The number of hydrogen-bond donors (Lipinski definition) is 1. The Hall–Kier alpha value is 0.270. The van der Waals surface area contributed by atoms with Crippen molar-refractivity contribution in [2.75, 3.05) is 38.5 Å². The van der Waals surface area contributed by atoms with E-state index in [1.165, 1.54) is 70.6 Å². The fraction of sp³-hybridized carbons (Fsp3) is 1.00. The highest BCUT2D eigenvalue weighted by molar-refractivity contribution is 8.00. The lowest BCUT2D eigenvalue weighted by Gasteiger charge is -2.45. The van der Waals surface area contributed by atoms with E-state index < -0.39 is 0 Å². The Bertz CT molecular complexity index is 308. The average Bonchev–Trinajstić information content (AvgIpc) is 2.38. The number of nitrogens with zero attached hydrogens (tertiary/aromatic N) is 1. The van der Waals surface area contributed by atoms with Crippen molar-refractivity contribution >= 4 is 11.8 Å². The lowest BCUT2D eigenvalue weighted by atomic mass is 9.73. The number of thioether (sulfide) groups is 1. The van der Waals surface area contributed by atoms with Crippen LogP contribution in [-0.4, -0.2) is 48.1 Å². The quantitative estimate of drug-likeness (QED) is 0.798. The molecule has 2 rings (SSSR count). The van der Waals surface area contributed by atoms with E-state index >= 15 is 0 Å². The van der Waals surface area contributed by atoms with Crippen LogP contribution in [0.15, 0.2) is 0 Å². The van der Waals surface area contributed by atoms with Gasteiger partial charge in [-0.2, -0.15) is 11.8 Å². The van der Waals surface area contributed by atoms with Crippen molar-refractivity contribution in [2.24, 2.45) is 11.3 Å². The van der Waals surface area contributed by atoms with Gasteiger partial charge < -0.3 is 10.2 Å². The van der Waals surface area contributed by atoms with Gasteiger partial charge in [0.15, 0.2) is 0 Å². The summed E-state index contributed by atoms with van der Waals surface area (Å²) in [6.45, 7) is 15.7. The number of hydrogen-bond acceptors (Lipinski definition) is 3. The van der Waals surface area contributed by atoms with E-state index in [4.69, 9.17) is 0 Å². The van der Waals surface area contributed by atoms with Gasteiger partial charge in [-0.15, -0.1) is 0 Å². The van der Waals surface area contributed by atoms with Crippen molar-refractivity contribution in [3.05, 3.63) is 0 Å². The second-order valence-electron chi connectivity index (χ2n) is 8.40. The minimum atomic E-state index is 0.444. The highest BCUT2D eigenvalue weighted by Gasteiger charge is 2.36. The third-order valence-electron chi connectivity index (χ3n) is 5.03. The van der Waals surface area contributed by atoms with Crippen LogP contribution in [0.4, 0.5) is 0 Å². The highest BCUT2D eigenvalue weighted by atomic mass is 32.2. The molecule has 2 fully saturated rings. The normalized spacial score (nSPS) is 26.1. The lowest BCUT2D eigenvalue weighted by molar-refractivity contribution is 0.0982. The van der Waals surface area contributed by atoms with Gasteiger partial charge in [-0.05, 0) is 44.6 Å². The standard InChI is InChI=1S/C18H36N2S/c1-16(2)12-19-13-18(8-6-5-7-9-18)15-20-10-11-21-17(3,4)14-20/h16,19H,5-15H2,1-4H3. The summed E-state index contributed by atoms with van der Waals surface area (Å²) in [5.41, 5.74) is 0.547. The van der Waals surface area contributed by atoms with Crippen molar-refractivity contribution in [2.45, 2.75) is 64.5 Å². The molecule has 2 nitrogen and oxygen atoms in total. The Morgan fingerprint density at radius 1 is 1.14 bits per heavy atom. The van der Waals surface area contributed by atoms with Crippen LogP contribution in [0.5, 0.6) is 0 Å². The van der Waals surface area contributed by atoms with Crippen molar-refractivity contribution in [3.8, 4) is 0 Å². The molecule has 21 heavy (non-hydrogen) atoms. The van der Waals surface area contributed by atoms with Gasteiger partial charge in [0.1, 0.15) is 0 Å². The van der Waals surface area contributed by atoms with Crippen LogP contribution in [0.2, 0.25) is 0 Å². The summed E-state index contributed by atoms with van der Waals surface area (Å²) >= 11 is 2.15. The zero-order chi connectivity index (χ0) is 15.3. The van der Waals surface area contributed by atoms with Crippen LogP contribution in [0.3, 0.4) is 0 Å². The van der Waals surface area contributed by atoms with Gasteiger partial charge in [0.2, 0.25) is 0 Å². The molecule has 3 heteroatoms. The van der Waals surface area contributed by atoms with Crippen LogP contribution in [0, 0.1) is 11.3 Å². The molecular weight excluding hydrogens is 276 g/mol. The minimum absolute atomic E-state index is 0.444. The Morgan fingerprint density at radius 3 is 2.48 bits per heavy atom. The largest absolute Gasteiger partial charge is 0.316 e. The summed E-state index contributed by atoms with van der Waals surface area (Å²) in [5.74, 6) is 2.07. The molecule has 0 radical (unpaired) electrons. The molecule has 1 aliphatic carbocycles. The molecule has 1 saturated heterocycles. The highest BCUT2D eigenvalue weighted by Crippen LogP contribution is 2.38. The Kier molecular flexibility index (Phi) is 6.46. The molecule has 0 aromatic carbocycles. The molecule has 1 saturated carbocycles. The molecule has 0 atom stereocenters. The molecule has 1 N–H and O–H groups in total. The summed E-state index contributed by atoms with van der Waals surface area (Å²) in [5, 5.41) is 3.77. The molecule has 0 aromatic heterocycles. The maximum absolute atomic E-state index is 3.77. The fourth-order valence-electron chi connectivity index (χ4n) is 4.04. The molecule has 1 aliphatic heterocycles. The predicted molar refractivity (Wildman–Crippen MR) is 96.2 cm³/mol. The maximum atomic E-state index is 3.77. The van der Waals surface area contributed by atoms with Crippen molar-refractivity contribution in [1.82, 2.24) is 10.2 Å². The van der Waals surface area contributed by atoms with E-state index in [2.05, 4.69) is 49.7 Å². The van der Waals surface area contributed by atoms with Crippen LogP contribution < -0.4 is 5.32 Å². The molecule has 0 aromatic rings. The summed E-state index contributed by atoms with van der Waals surface area (Å²) < 4.78 is 0.444. The smallest absolute Gasteiger partial charge is 0.0231 e. The fourth-order valence-corrected chi connectivity index (χ4v) is 5.22.